The molecule has 2 unspecified atom stereocenters. The van der Waals surface area contributed by atoms with E-state index in [0.29, 0.717) is 16.5 Å². The minimum atomic E-state index is -5.10. The summed E-state index contributed by atoms with van der Waals surface area (Å²) in [4.78, 5) is 15.9. The van der Waals surface area contributed by atoms with Crippen LogP contribution in [0.2, 0.25) is 5.02 Å². The monoisotopic (exact) mass is 670 g/mol. The first-order valence-electron chi connectivity index (χ1n) is 14.0. The van der Waals surface area contributed by atoms with Crippen molar-refractivity contribution < 1.29 is 40.6 Å². The number of ether oxygens (including phenoxy) is 3. The quantitative estimate of drug-likeness (QED) is 0.160. The lowest BCUT2D eigenvalue weighted by atomic mass is 9.80. The highest BCUT2D eigenvalue weighted by molar-refractivity contribution is 7.92. The Bertz CT molecular complexity index is 1680. The van der Waals surface area contributed by atoms with E-state index in [0.717, 1.165) is 12.1 Å². The standard InChI is InChI=1S/C30H34ClF3N4O6S/c1-5-44-26(39)15-23(35)30(2)11-12-37(17-30)21-14-20(32)29(28(34)27(21)31)45(40,41)38(25-8-6-7-24(33)36-25)16-18-9-10-19(42-3)13-22(18)43-4/h6-10,13-14,23H,5,11-12,15-17,35H2,1-4H3. The number of rotatable bonds is 12. The summed E-state index contributed by atoms with van der Waals surface area (Å²) in [7, 11) is -2.31. The van der Waals surface area contributed by atoms with Gasteiger partial charge in [0.15, 0.2) is 10.7 Å². The Morgan fingerprint density at radius 3 is 2.56 bits per heavy atom. The normalized spacial score (nSPS) is 17.2. The molecule has 2 heterocycles. The number of sulfonamides is 1. The van der Waals surface area contributed by atoms with Gasteiger partial charge < -0.3 is 24.8 Å². The molecule has 1 saturated heterocycles. The lowest BCUT2D eigenvalue weighted by molar-refractivity contribution is -0.144. The molecule has 0 radical (unpaired) electrons. The summed E-state index contributed by atoms with van der Waals surface area (Å²) < 4.78 is 90.2. The number of halogens is 4. The number of benzene rings is 2. The first-order valence-corrected chi connectivity index (χ1v) is 15.8. The van der Waals surface area contributed by atoms with Gasteiger partial charge in [-0.15, -0.1) is 0 Å². The molecule has 1 fully saturated rings. The van der Waals surface area contributed by atoms with Gasteiger partial charge in [-0.05, 0) is 37.6 Å². The summed E-state index contributed by atoms with van der Waals surface area (Å²) in [6, 6.07) is 8.16. The summed E-state index contributed by atoms with van der Waals surface area (Å²) >= 11 is 6.39. The van der Waals surface area contributed by atoms with Gasteiger partial charge in [-0.2, -0.15) is 4.39 Å². The van der Waals surface area contributed by atoms with Crippen LogP contribution in [-0.4, -0.2) is 59.3 Å². The number of pyridine rings is 1. The van der Waals surface area contributed by atoms with Gasteiger partial charge in [0.2, 0.25) is 5.95 Å². The maximum absolute atomic E-state index is 16.0. The molecule has 45 heavy (non-hydrogen) atoms. The number of carbonyl (C=O) groups is 1. The molecule has 1 aromatic heterocycles. The van der Waals surface area contributed by atoms with E-state index >= 15 is 8.78 Å². The molecule has 1 aliphatic rings. The summed E-state index contributed by atoms with van der Waals surface area (Å²) in [5.41, 5.74) is 5.88. The van der Waals surface area contributed by atoms with Crippen LogP contribution in [0, 0.1) is 23.0 Å². The lowest BCUT2D eigenvalue weighted by Crippen LogP contribution is -2.43. The fourth-order valence-corrected chi connectivity index (χ4v) is 7.08. The third-order valence-electron chi connectivity index (χ3n) is 7.84. The van der Waals surface area contributed by atoms with Crippen LogP contribution in [-0.2, 0) is 26.1 Å². The maximum Gasteiger partial charge on any atom is 0.307 e. The zero-order chi connectivity index (χ0) is 33.1. The van der Waals surface area contributed by atoms with E-state index in [9.17, 15) is 17.6 Å². The molecular weight excluding hydrogens is 637 g/mol. The van der Waals surface area contributed by atoms with Crippen molar-refractivity contribution in [3.05, 3.63) is 70.6 Å². The Morgan fingerprint density at radius 1 is 1.18 bits per heavy atom. The molecule has 4 rings (SSSR count). The molecule has 0 amide bonds. The number of nitrogens with zero attached hydrogens (tertiary/aromatic N) is 3. The van der Waals surface area contributed by atoms with Crippen LogP contribution >= 0.6 is 11.6 Å². The van der Waals surface area contributed by atoms with E-state index in [1.165, 1.54) is 44.6 Å². The van der Waals surface area contributed by atoms with Crippen molar-refractivity contribution in [2.45, 2.75) is 44.2 Å². The molecule has 15 heteroatoms. The Hall–Kier alpha value is -3.75. The zero-order valence-electron chi connectivity index (χ0n) is 25.2. The molecule has 3 aromatic rings. The molecular formula is C30H34ClF3N4O6S. The van der Waals surface area contributed by atoms with Crippen LogP contribution in [0.1, 0.15) is 32.3 Å². The van der Waals surface area contributed by atoms with Crippen molar-refractivity contribution in [1.82, 2.24) is 4.98 Å². The van der Waals surface area contributed by atoms with Crippen molar-refractivity contribution >= 4 is 39.1 Å². The van der Waals surface area contributed by atoms with Gasteiger partial charge in [0.05, 0.1) is 39.5 Å². The number of methoxy groups -OCH3 is 2. The van der Waals surface area contributed by atoms with Crippen molar-refractivity contribution in [2.24, 2.45) is 11.1 Å². The topological polar surface area (TPSA) is 124 Å². The highest BCUT2D eigenvalue weighted by Gasteiger charge is 2.42. The first-order chi connectivity index (χ1) is 21.2. The van der Waals surface area contributed by atoms with Crippen LogP contribution in [0.15, 0.2) is 47.4 Å². The number of aromatic nitrogens is 1. The molecule has 2 atom stereocenters. The summed E-state index contributed by atoms with van der Waals surface area (Å²) in [5, 5.41) is -0.632. The van der Waals surface area contributed by atoms with E-state index in [-0.39, 0.29) is 43.1 Å². The number of carbonyl (C=O) groups excluding carboxylic acids is 1. The fourth-order valence-electron chi connectivity index (χ4n) is 5.24. The average Bonchev–Trinajstić information content (AvgIpc) is 3.40. The molecule has 0 spiro atoms. The second kappa shape index (κ2) is 13.7. The largest absolute Gasteiger partial charge is 0.497 e. The summed E-state index contributed by atoms with van der Waals surface area (Å²) in [6.07, 6.45) is 0.421. The van der Waals surface area contributed by atoms with Gasteiger partial charge in [0.1, 0.15) is 28.2 Å². The van der Waals surface area contributed by atoms with Crippen molar-refractivity contribution in [2.75, 3.05) is 43.1 Å². The van der Waals surface area contributed by atoms with Gasteiger partial charge >= 0.3 is 5.97 Å². The molecule has 0 aliphatic carbocycles. The predicted octanol–water partition coefficient (Wildman–Crippen LogP) is 5.06. The fraction of sp³-hybridized carbons (Fsp3) is 0.400. The molecule has 0 bridgehead atoms. The number of nitrogens with two attached hydrogens (primary N) is 1. The lowest BCUT2D eigenvalue weighted by Gasteiger charge is -2.31. The van der Waals surface area contributed by atoms with Crippen LogP contribution in [0.3, 0.4) is 0 Å². The van der Waals surface area contributed by atoms with Crippen LogP contribution < -0.4 is 24.4 Å². The Morgan fingerprint density at radius 2 is 1.91 bits per heavy atom. The Labute approximate surface area is 264 Å². The third kappa shape index (κ3) is 7.07. The number of esters is 1. The minimum absolute atomic E-state index is 0.0469. The van der Waals surface area contributed by atoms with Gasteiger partial charge in [0, 0.05) is 42.2 Å². The summed E-state index contributed by atoms with van der Waals surface area (Å²) in [6.45, 7) is 3.67. The van der Waals surface area contributed by atoms with Gasteiger partial charge in [-0.3, -0.25) is 4.79 Å². The minimum Gasteiger partial charge on any atom is -0.497 e. The second-order valence-corrected chi connectivity index (χ2v) is 13.0. The van der Waals surface area contributed by atoms with Crippen molar-refractivity contribution in [3.63, 3.8) is 0 Å². The average molecular weight is 671 g/mol. The molecule has 244 valence electrons. The van der Waals surface area contributed by atoms with E-state index < -0.39 is 67.3 Å². The molecule has 0 saturated carbocycles. The smallest absolute Gasteiger partial charge is 0.307 e. The van der Waals surface area contributed by atoms with E-state index in [4.69, 9.17) is 31.5 Å². The van der Waals surface area contributed by atoms with Gasteiger partial charge in [0.25, 0.3) is 10.0 Å². The van der Waals surface area contributed by atoms with Crippen LogP contribution in [0.5, 0.6) is 11.5 Å². The van der Waals surface area contributed by atoms with E-state index in [2.05, 4.69) is 4.98 Å². The number of hydrogen-bond acceptors (Lipinski definition) is 9. The highest BCUT2D eigenvalue weighted by Crippen LogP contribution is 2.42. The number of anilines is 2. The van der Waals surface area contributed by atoms with E-state index in [1.54, 1.807) is 11.8 Å². The van der Waals surface area contributed by atoms with Gasteiger partial charge in [-0.25, -0.2) is 26.5 Å². The van der Waals surface area contributed by atoms with Gasteiger partial charge in [-0.1, -0.05) is 24.6 Å². The molecule has 2 aromatic carbocycles. The Balaban J connectivity index is 1.73. The third-order valence-corrected chi connectivity index (χ3v) is 9.99. The maximum atomic E-state index is 16.0. The predicted molar refractivity (Wildman–Crippen MR) is 163 cm³/mol. The highest BCUT2D eigenvalue weighted by atomic mass is 35.5. The van der Waals surface area contributed by atoms with Crippen molar-refractivity contribution in [3.8, 4) is 11.5 Å². The summed E-state index contributed by atoms with van der Waals surface area (Å²) in [5.74, 6) is -4.23. The van der Waals surface area contributed by atoms with Crippen LogP contribution in [0.25, 0.3) is 0 Å². The molecule has 2 N–H and O–H groups in total. The second-order valence-electron chi connectivity index (χ2n) is 10.8. The van der Waals surface area contributed by atoms with E-state index in [1.807, 2.05) is 6.92 Å². The molecule has 10 nitrogen and oxygen atoms in total. The molecule has 1 aliphatic heterocycles. The first kappa shape index (κ1) is 34.1. The number of hydrogen-bond donors (Lipinski definition) is 1. The zero-order valence-corrected chi connectivity index (χ0v) is 26.7. The Kier molecular flexibility index (Phi) is 10.4. The van der Waals surface area contributed by atoms with Crippen LogP contribution in [0.4, 0.5) is 24.7 Å². The SMILES string of the molecule is CCOC(=O)CC(N)C1(C)CCN(c2cc(F)c(S(=O)(=O)N(Cc3ccc(OC)cc3OC)c3cccc(F)n3)c(F)c2Cl)C1. The van der Waals surface area contributed by atoms with Crippen molar-refractivity contribution in [1.29, 1.82) is 0 Å².